The van der Waals surface area contributed by atoms with E-state index in [1.54, 1.807) is 6.07 Å². The fraction of sp³-hybridized carbons (Fsp3) is 0.333. The Labute approximate surface area is 99.9 Å². The Morgan fingerprint density at radius 2 is 2.12 bits per heavy atom. The van der Waals surface area contributed by atoms with Crippen LogP contribution in [0.2, 0.25) is 0 Å². The van der Waals surface area contributed by atoms with Crippen molar-refractivity contribution in [2.24, 2.45) is 0 Å². The molecule has 3 rings (SSSR count). The van der Waals surface area contributed by atoms with Crippen LogP contribution in [0.1, 0.15) is 18.4 Å². The summed E-state index contributed by atoms with van der Waals surface area (Å²) in [5, 5.41) is 13.9. The van der Waals surface area contributed by atoms with E-state index in [2.05, 4.69) is 5.32 Å². The van der Waals surface area contributed by atoms with Gasteiger partial charge in [-0.3, -0.25) is 0 Å². The average Bonchev–Trinajstić information content (AvgIpc) is 3.04. The molecule has 1 aromatic rings. The third kappa shape index (κ3) is 1.96. The van der Waals surface area contributed by atoms with Gasteiger partial charge in [-0.25, -0.2) is 8.42 Å². The van der Waals surface area contributed by atoms with Crippen LogP contribution in [-0.2, 0) is 9.84 Å². The Morgan fingerprint density at radius 3 is 2.82 bits per heavy atom. The summed E-state index contributed by atoms with van der Waals surface area (Å²) < 4.78 is 23.7. The number of hydrogen-bond acceptors (Lipinski definition) is 4. The van der Waals surface area contributed by atoms with E-state index in [4.69, 9.17) is 0 Å². The maximum Gasteiger partial charge on any atom is 0.200 e. The van der Waals surface area contributed by atoms with Crippen molar-refractivity contribution in [3.8, 4) is 5.75 Å². The predicted octanol–water partition coefficient (Wildman–Crippen LogP) is 1.27. The zero-order chi connectivity index (χ0) is 12.0. The minimum Gasteiger partial charge on any atom is -0.508 e. The smallest absolute Gasteiger partial charge is 0.200 e. The normalized spacial score (nSPS) is 21.1. The van der Waals surface area contributed by atoms with E-state index in [1.807, 2.05) is 0 Å². The van der Waals surface area contributed by atoms with Gasteiger partial charge in [-0.2, -0.15) is 0 Å². The third-order valence-corrected chi connectivity index (χ3v) is 4.62. The van der Waals surface area contributed by atoms with Crippen LogP contribution in [0.4, 0.5) is 0 Å². The molecule has 1 saturated carbocycles. The van der Waals surface area contributed by atoms with E-state index in [0.717, 1.165) is 5.57 Å². The van der Waals surface area contributed by atoms with Crippen molar-refractivity contribution in [3.05, 3.63) is 29.2 Å². The van der Waals surface area contributed by atoms with Crippen LogP contribution in [-0.4, -0.2) is 26.1 Å². The summed E-state index contributed by atoms with van der Waals surface area (Å²) in [4.78, 5) is 0.213. The molecule has 0 radical (unpaired) electrons. The number of phenolic OH excluding ortho intramolecular Hbond substituents is 1. The molecule has 2 aliphatic rings. The molecule has 5 heteroatoms. The first kappa shape index (κ1) is 10.8. The van der Waals surface area contributed by atoms with Crippen molar-refractivity contribution in [3.63, 3.8) is 0 Å². The lowest BCUT2D eigenvalue weighted by Crippen LogP contribution is -2.18. The van der Waals surface area contributed by atoms with Crippen LogP contribution in [0, 0.1) is 0 Å². The molecule has 4 nitrogen and oxygen atoms in total. The maximum atomic E-state index is 11.9. The van der Waals surface area contributed by atoms with Gasteiger partial charge in [0.25, 0.3) is 0 Å². The van der Waals surface area contributed by atoms with Gasteiger partial charge in [-0.1, -0.05) is 0 Å². The van der Waals surface area contributed by atoms with Crippen molar-refractivity contribution < 1.29 is 13.5 Å². The molecular formula is C12H13NO3S. The number of sulfone groups is 1. The first-order valence-corrected chi connectivity index (χ1v) is 7.13. The van der Waals surface area contributed by atoms with Gasteiger partial charge in [0.05, 0.1) is 4.90 Å². The zero-order valence-corrected chi connectivity index (χ0v) is 10.00. The van der Waals surface area contributed by atoms with Gasteiger partial charge < -0.3 is 10.4 Å². The summed E-state index contributed by atoms with van der Waals surface area (Å²) in [7, 11) is -3.37. The van der Waals surface area contributed by atoms with Crippen molar-refractivity contribution in [2.75, 3.05) is 6.54 Å². The summed E-state index contributed by atoms with van der Waals surface area (Å²) >= 11 is 0. The number of aromatic hydroxyl groups is 1. The topological polar surface area (TPSA) is 66.4 Å². The summed E-state index contributed by atoms with van der Waals surface area (Å²) in [5.41, 5.74) is 1.49. The molecule has 90 valence electrons. The minimum atomic E-state index is -3.37. The fourth-order valence-corrected chi connectivity index (χ4v) is 3.51. The van der Waals surface area contributed by atoms with Crippen LogP contribution in [0.5, 0.6) is 5.75 Å². The Bertz CT molecular complexity index is 600. The number of hydrogen-bond donors (Lipinski definition) is 2. The summed E-state index contributed by atoms with van der Waals surface area (Å²) in [6.07, 6.45) is 2.34. The molecule has 0 amide bonds. The largest absolute Gasteiger partial charge is 0.508 e. The average molecular weight is 251 g/mol. The predicted molar refractivity (Wildman–Crippen MR) is 64.3 cm³/mol. The van der Waals surface area contributed by atoms with Gasteiger partial charge in [-0.15, -0.1) is 0 Å². The van der Waals surface area contributed by atoms with Gasteiger partial charge in [-0.05, 0) is 42.2 Å². The molecule has 1 heterocycles. The summed E-state index contributed by atoms with van der Waals surface area (Å²) in [6, 6.07) is 5.03. The van der Waals surface area contributed by atoms with Crippen molar-refractivity contribution in [2.45, 2.75) is 23.8 Å². The van der Waals surface area contributed by atoms with Crippen molar-refractivity contribution >= 4 is 15.4 Å². The van der Waals surface area contributed by atoms with Gasteiger partial charge in [0.2, 0.25) is 9.84 Å². The highest BCUT2D eigenvalue weighted by atomic mass is 32.2. The van der Waals surface area contributed by atoms with Crippen LogP contribution in [0.25, 0.3) is 5.57 Å². The van der Waals surface area contributed by atoms with E-state index in [1.165, 1.54) is 30.4 Å². The van der Waals surface area contributed by atoms with E-state index in [-0.39, 0.29) is 10.6 Å². The summed E-state index contributed by atoms with van der Waals surface area (Å²) in [5.74, 6) is -0.0165. The highest BCUT2D eigenvalue weighted by Crippen LogP contribution is 2.35. The Balaban J connectivity index is 1.96. The number of phenols is 1. The number of rotatable bonds is 3. The van der Waals surface area contributed by atoms with Crippen molar-refractivity contribution in [1.82, 2.24) is 5.32 Å². The van der Waals surface area contributed by atoms with Gasteiger partial charge in [0.1, 0.15) is 5.75 Å². The quantitative estimate of drug-likeness (QED) is 0.849. The molecule has 1 fully saturated rings. The fourth-order valence-electron chi connectivity index (χ4n) is 2.00. The molecule has 1 aromatic carbocycles. The third-order valence-electron chi connectivity index (χ3n) is 3.07. The lowest BCUT2D eigenvalue weighted by molar-refractivity contribution is 0.473. The van der Waals surface area contributed by atoms with Gasteiger partial charge in [0, 0.05) is 18.0 Å². The molecule has 2 N–H and O–H groups in total. The minimum absolute atomic E-state index is 0.0165. The van der Waals surface area contributed by atoms with Crippen LogP contribution < -0.4 is 5.32 Å². The Kier molecular flexibility index (Phi) is 2.27. The molecule has 0 atom stereocenters. The monoisotopic (exact) mass is 251 g/mol. The highest BCUT2D eigenvalue weighted by molar-refractivity contribution is 7.95. The second-order valence-corrected chi connectivity index (χ2v) is 6.29. The molecule has 1 aliphatic heterocycles. The standard InChI is InChI=1S/C12H13NO3S/c14-10-3-4-11-8(6-13-9-1-2-9)7-17(15,16)12(11)5-10/h3-5,7,9,13-14H,1-2,6H2. The summed E-state index contributed by atoms with van der Waals surface area (Å²) in [6.45, 7) is 0.571. The van der Waals surface area contributed by atoms with E-state index >= 15 is 0 Å². The molecule has 0 bridgehead atoms. The second-order valence-electron chi connectivity index (χ2n) is 4.52. The zero-order valence-electron chi connectivity index (χ0n) is 9.18. The van der Waals surface area contributed by atoms with Crippen molar-refractivity contribution in [1.29, 1.82) is 0 Å². The van der Waals surface area contributed by atoms with E-state index in [9.17, 15) is 13.5 Å². The molecule has 0 aromatic heterocycles. The first-order valence-electron chi connectivity index (χ1n) is 5.59. The molecule has 17 heavy (non-hydrogen) atoms. The Morgan fingerprint density at radius 1 is 1.35 bits per heavy atom. The Hall–Kier alpha value is -1.33. The lowest BCUT2D eigenvalue weighted by Gasteiger charge is -2.05. The van der Waals surface area contributed by atoms with Crippen LogP contribution in [0.15, 0.2) is 28.5 Å². The molecule has 0 spiro atoms. The number of benzene rings is 1. The van der Waals surface area contributed by atoms with Crippen LogP contribution in [0.3, 0.4) is 0 Å². The lowest BCUT2D eigenvalue weighted by atomic mass is 10.1. The van der Waals surface area contributed by atoms with E-state index in [0.29, 0.717) is 18.2 Å². The molecule has 0 saturated heterocycles. The van der Waals surface area contributed by atoms with E-state index < -0.39 is 9.84 Å². The molecular weight excluding hydrogens is 238 g/mol. The molecule has 1 aliphatic carbocycles. The van der Waals surface area contributed by atoms with Crippen LogP contribution >= 0.6 is 0 Å². The number of nitrogens with one attached hydrogen (secondary N) is 1. The maximum absolute atomic E-state index is 11.9. The SMILES string of the molecule is O=S1(=O)C=C(CNC2CC2)c2ccc(O)cc21. The molecule has 0 unspecified atom stereocenters. The van der Waals surface area contributed by atoms with Gasteiger partial charge in [0.15, 0.2) is 0 Å². The highest BCUT2D eigenvalue weighted by Gasteiger charge is 2.28. The first-order chi connectivity index (χ1) is 8.06. The van der Waals surface area contributed by atoms with Gasteiger partial charge >= 0.3 is 0 Å². The second kappa shape index (κ2) is 3.58. The number of fused-ring (bicyclic) bond motifs is 1.